The first-order chi connectivity index (χ1) is 15.2. The second-order valence-corrected chi connectivity index (χ2v) is 9.28. The molecule has 1 aliphatic carbocycles. The summed E-state index contributed by atoms with van der Waals surface area (Å²) in [5, 5.41) is 8.83. The van der Waals surface area contributed by atoms with Crippen molar-refractivity contribution in [2.24, 2.45) is 5.92 Å². The van der Waals surface area contributed by atoms with Crippen molar-refractivity contribution >= 4 is 5.65 Å². The summed E-state index contributed by atoms with van der Waals surface area (Å²) >= 11 is 0. The Morgan fingerprint density at radius 3 is 2.58 bits per heavy atom. The molecule has 3 aromatic rings. The number of ether oxygens (including phenoxy) is 1. The van der Waals surface area contributed by atoms with Gasteiger partial charge in [-0.05, 0) is 49.7 Å². The predicted molar refractivity (Wildman–Crippen MR) is 121 cm³/mol. The van der Waals surface area contributed by atoms with Gasteiger partial charge in [-0.15, -0.1) is 10.2 Å². The van der Waals surface area contributed by atoms with Gasteiger partial charge in [-0.3, -0.25) is 9.20 Å². The van der Waals surface area contributed by atoms with E-state index in [2.05, 4.69) is 47.6 Å². The van der Waals surface area contributed by atoms with Crippen molar-refractivity contribution in [1.82, 2.24) is 19.2 Å². The summed E-state index contributed by atoms with van der Waals surface area (Å²) in [6.07, 6.45) is 11.0. The van der Waals surface area contributed by atoms with Crippen molar-refractivity contribution in [3.05, 3.63) is 63.5 Å². The average Bonchev–Trinajstić information content (AvgIpc) is 3.23. The Hall–Kier alpha value is -2.47. The van der Waals surface area contributed by atoms with E-state index in [-0.39, 0.29) is 5.56 Å². The normalized spacial score (nSPS) is 18.6. The number of benzene rings is 1. The molecule has 1 aliphatic heterocycles. The number of aryl methyl sites for hydroxylation is 1. The zero-order chi connectivity index (χ0) is 21.2. The predicted octanol–water partition coefficient (Wildman–Crippen LogP) is 4.26. The molecular formula is C25H32N4O2. The first kappa shape index (κ1) is 20.4. The highest BCUT2D eigenvalue weighted by molar-refractivity contribution is 5.39. The second kappa shape index (κ2) is 8.95. The Morgan fingerprint density at radius 1 is 1.03 bits per heavy atom. The lowest BCUT2D eigenvalue weighted by Gasteiger charge is -2.25. The van der Waals surface area contributed by atoms with Crippen LogP contribution < -0.4 is 5.56 Å². The maximum atomic E-state index is 13.6. The fraction of sp³-hybridized carbons (Fsp3) is 0.560. The molecule has 0 N–H and O–H groups in total. The Labute approximate surface area is 183 Å². The van der Waals surface area contributed by atoms with E-state index in [0.717, 1.165) is 50.5 Å². The zero-order valence-electron chi connectivity index (χ0n) is 18.4. The monoisotopic (exact) mass is 420 g/mol. The van der Waals surface area contributed by atoms with Crippen LogP contribution in [0.2, 0.25) is 0 Å². The molecule has 0 radical (unpaired) electrons. The maximum Gasteiger partial charge on any atom is 0.296 e. The number of hydrogen-bond donors (Lipinski definition) is 0. The highest BCUT2D eigenvalue weighted by Crippen LogP contribution is 2.28. The molecule has 5 rings (SSSR count). The molecule has 0 amide bonds. The fourth-order valence-electron chi connectivity index (χ4n) is 5.25. The largest absolute Gasteiger partial charge is 0.381 e. The van der Waals surface area contributed by atoms with E-state index in [1.807, 2.05) is 8.97 Å². The molecule has 1 saturated heterocycles. The van der Waals surface area contributed by atoms with Gasteiger partial charge in [0.1, 0.15) is 5.82 Å². The van der Waals surface area contributed by atoms with E-state index in [9.17, 15) is 4.79 Å². The lowest BCUT2D eigenvalue weighted by molar-refractivity contribution is 0.0834. The molecule has 2 aromatic heterocycles. The van der Waals surface area contributed by atoms with Crippen LogP contribution in [0.5, 0.6) is 0 Å². The summed E-state index contributed by atoms with van der Waals surface area (Å²) in [5.74, 6) is 1.78. The van der Waals surface area contributed by atoms with Crippen LogP contribution in [0.1, 0.15) is 73.5 Å². The Bertz CT molecular complexity index is 1100. The van der Waals surface area contributed by atoms with Gasteiger partial charge in [0.05, 0.1) is 0 Å². The molecule has 164 valence electrons. The van der Waals surface area contributed by atoms with Gasteiger partial charge in [-0.1, -0.05) is 43.5 Å². The van der Waals surface area contributed by atoms with E-state index in [4.69, 9.17) is 4.74 Å². The Balaban J connectivity index is 1.59. The SMILES string of the molecule is Cc1ccccc1Cc1cn2c(C3CCOCC3)nnc2c(=O)n1CC1CCCCC1. The molecular weight excluding hydrogens is 388 g/mol. The van der Waals surface area contributed by atoms with Gasteiger partial charge in [0.15, 0.2) is 0 Å². The van der Waals surface area contributed by atoms with Gasteiger partial charge in [0, 0.05) is 44.0 Å². The molecule has 3 heterocycles. The first-order valence-corrected chi connectivity index (χ1v) is 11.8. The van der Waals surface area contributed by atoms with E-state index >= 15 is 0 Å². The highest BCUT2D eigenvalue weighted by Gasteiger charge is 2.25. The van der Waals surface area contributed by atoms with Crippen LogP contribution in [-0.4, -0.2) is 32.4 Å². The van der Waals surface area contributed by atoms with E-state index in [0.29, 0.717) is 17.5 Å². The van der Waals surface area contributed by atoms with Crippen molar-refractivity contribution in [3.63, 3.8) is 0 Å². The third-order valence-corrected chi connectivity index (χ3v) is 7.17. The molecule has 6 heteroatoms. The molecule has 31 heavy (non-hydrogen) atoms. The summed E-state index contributed by atoms with van der Waals surface area (Å²) in [5.41, 5.74) is 4.05. The van der Waals surface area contributed by atoms with Gasteiger partial charge in [0.25, 0.3) is 5.56 Å². The minimum atomic E-state index is 0.00228. The Morgan fingerprint density at radius 2 is 1.81 bits per heavy atom. The van der Waals surface area contributed by atoms with Crippen molar-refractivity contribution in [1.29, 1.82) is 0 Å². The Kier molecular flexibility index (Phi) is 5.90. The molecule has 0 atom stereocenters. The molecule has 0 unspecified atom stereocenters. The van der Waals surface area contributed by atoms with Crippen LogP contribution in [0.4, 0.5) is 0 Å². The molecule has 1 aromatic carbocycles. The van der Waals surface area contributed by atoms with E-state index in [1.165, 1.54) is 43.2 Å². The minimum absolute atomic E-state index is 0.00228. The van der Waals surface area contributed by atoms with Crippen LogP contribution in [0.25, 0.3) is 5.65 Å². The summed E-state index contributed by atoms with van der Waals surface area (Å²) in [4.78, 5) is 13.6. The lowest BCUT2D eigenvalue weighted by Crippen LogP contribution is -2.30. The fourth-order valence-corrected chi connectivity index (χ4v) is 5.25. The van der Waals surface area contributed by atoms with Crippen LogP contribution in [0, 0.1) is 12.8 Å². The second-order valence-electron chi connectivity index (χ2n) is 9.28. The number of fused-ring (bicyclic) bond motifs is 1. The van der Waals surface area contributed by atoms with Crippen molar-refractivity contribution in [3.8, 4) is 0 Å². The van der Waals surface area contributed by atoms with Gasteiger partial charge in [0.2, 0.25) is 5.65 Å². The average molecular weight is 421 g/mol. The number of aromatic nitrogens is 4. The highest BCUT2D eigenvalue weighted by atomic mass is 16.5. The summed E-state index contributed by atoms with van der Waals surface area (Å²) in [6, 6.07) is 8.46. The number of hydrogen-bond acceptors (Lipinski definition) is 4. The minimum Gasteiger partial charge on any atom is -0.381 e. The molecule has 2 aliphatic rings. The summed E-state index contributed by atoms with van der Waals surface area (Å²) in [6.45, 7) is 4.42. The van der Waals surface area contributed by atoms with Gasteiger partial charge >= 0.3 is 0 Å². The van der Waals surface area contributed by atoms with Gasteiger partial charge in [-0.2, -0.15) is 0 Å². The standard InChI is InChI=1S/C25H32N4O2/c1-18-7-5-6-10-21(18)15-22-17-29-23(20-11-13-31-14-12-20)26-27-24(29)25(30)28(22)16-19-8-3-2-4-9-19/h5-7,10,17,19-20H,2-4,8-9,11-16H2,1H3. The summed E-state index contributed by atoms with van der Waals surface area (Å²) < 4.78 is 9.51. The van der Waals surface area contributed by atoms with Crippen molar-refractivity contribution < 1.29 is 4.74 Å². The topological polar surface area (TPSA) is 61.4 Å². The molecule has 0 bridgehead atoms. The zero-order valence-corrected chi connectivity index (χ0v) is 18.4. The van der Waals surface area contributed by atoms with Crippen LogP contribution in [0.3, 0.4) is 0 Å². The molecule has 2 fully saturated rings. The van der Waals surface area contributed by atoms with Gasteiger partial charge < -0.3 is 9.30 Å². The lowest BCUT2D eigenvalue weighted by atomic mass is 9.89. The first-order valence-electron chi connectivity index (χ1n) is 11.8. The molecule has 6 nitrogen and oxygen atoms in total. The van der Waals surface area contributed by atoms with Crippen molar-refractivity contribution in [2.45, 2.75) is 70.8 Å². The smallest absolute Gasteiger partial charge is 0.296 e. The van der Waals surface area contributed by atoms with E-state index in [1.54, 1.807) is 0 Å². The van der Waals surface area contributed by atoms with Crippen LogP contribution in [-0.2, 0) is 17.7 Å². The van der Waals surface area contributed by atoms with Crippen LogP contribution >= 0.6 is 0 Å². The number of rotatable bonds is 5. The maximum absolute atomic E-state index is 13.6. The van der Waals surface area contributed by atoms with E-state index < -0.39 is 0 Å². The molecule has 1 saturated carbocycles. The summed E-state index contributed by atoms with van der Waals surface area (Å²) in [7, 11) is 0. The third-order valence-electron chi connectivity index (χ3n) is 7.17. The number of nitrogens with zero attached hydrogens (tertiary/aromatic N) is 4. The van der Waals surface area contributed by atoms with Crippen LogP contribution in [0.15, 0.2) is 35.3 Å². The molecule has 0 spiro atoms. The van der Waals surface area contributed by atoms with Gasteiger partial charge in [-0.25, -0.2) is 0 Å². The third kappa shape index (κ3) is 4.18. The quantitative estimate of drug-likeness (QED) is 0.619. The van der Waals surface area contributed by atoms with Crippen molar-refractivity contribution in [2.75, 3.05) is 13.2 Å².